The predicted octanol–water partition coefficient (Wildman–Crippen LogP) is 4.73. The second kappa shape index (κ2) is 11.5. The number of fused-ring (bicyclic) bond motifs is 6. The van der Waals surface area contributed by atoms with Crippen molar-refractivity contribution in [3.63, 3.8) is 0 Å². The summed E-state index contributed by atoms with van der Waals surface area (Å²) in [6, 6.07) is 0. The number of hydrogen-bond acceptors (Lipinski definition) is 9. The van der Waals surface area contributed by atoms with Crippen LogP contribution in [-0.2, 0) is 42.7 Å². The molecule has 45 heavy (non-hydrogen) atoms. The Bertz CT molecular complexity index is 1200. The van der Waals surface area contributed by atoms with Crippen LogP contribution in [0.25, 0.3) is 0 Å². The summed E-state index contributed by atoms with van der Waals surface area (Å²) in [5, 5.41) is 0. The van der Waals surface area contributed by atoms with Crippen LogP contribution < -0.4 is 0 Å². The molecular weight excluding hydrogens is 576 g/mol. The summed E-state index contributed by atoms with van der Waals surface area (Å²) >= 11 is 0. The monoisotopic (exact) mass is 626 g/mol. The summed E-state index contributed by atoms with van der Waals surface area (Å²) < 4.78 is 53.2. The van der Waals surface area contributed by atoms with Gasteiger partial charge in [0, 0.05) is 38.7 Å². The highest BCUT2D eigenvalue weighted by atomic mass is 16.8. The standard InChI is InChI=1S/C36H50O9/c1-18-12-23-4-6-26-19(2)13-25(39-26)8-10-36-17-30-32(44-36)33-34(43-30)35(45-36)31-27(42-33)7-5-24(41-31)15-22(37)14-21-9-11-38-29(21)16-28(40-23)20(18)3/h18,21,23-35H,2-17H2,1H3/t18-,21?,23?,24?,25?,26?,27?,28-,29?,30-,31+,32?,33+,34?,35?,36+/m1/s1. The van der Waals surface area contributed by atoms with Crippen molar-refractivity contribution in [2.45, 2.75) is 176 Å². The fourth-order valence-electron chi connectivity index (χ4n) is 10.2. The Hall–Kier alpha value is -1.17. The summed E-state index contributed by atoms with van der Waals surface area (Å²) in [6.45, 7) is 11.8. The van der Waals surface area contributed by atoms with Crippen molar-refractivity contribution in [1.82, 2.24) is 0 Å². The highest BCUT2D eigenvalue weighted by Crippen LogP contribution is 2.54. The lowest BCUT2D eigenvalue weighted by molar-refractivity contribution is -0.292. The summed E-state index contributed by atoms with van der Waals surface area (Å²) in [5.41, 5.74) is 2.34. The normalized spacial score (nSPS) is 54.6. The van der Waals surface area contributed by atoms with Gasteiger partial charge in [-0.1, -0.05) is 20.1 Å². The highest BCUT2D eigenvalue weighted by molar-refractivity contribution is 5.79. The van der Waals surface area contributed by atoms with E-state index in [0.29, 0.717) is 31.8 Å². The van der Waals surface area contributed by atoms with Crippen LogP contribution >= 0.6 is 0 Å². The van der Waals surface area contributed by atoms with Gasteiger partial charge in [0.15, 0.2) is 5.79 Å². The minimum absolute atomic E-state index is 0.00747. The lowest BCUT2D eigenvalue weighted by Gasteiger charge is -2.47. The maximum atomic E-state index is 13.5. The third kappa shape index (κ3) is 5.32. The van der Waals surface area contributed by atoms with Gasteiger partial charge in [0.1, 0.15) is 36.3 Å². The van der Waals surface area contributed by atoms with E-state index < -0.39 is 5.79 Å². The fraction of sp³-hybridized carbons (Fsp3) is 0.861. The molecule has 16 atom stereocenters. The Kier molecular flexibility index (Phi) is 7.63. The van der Waals surface area contributed by atoms with E-state index in [1.54, 1.807) is 0 Å². The van der Waals surface area contributed by atoms with Gasteiger partial charge in [-0.2, -0.15) is 0 Å². The highest BCUT2D eigenvalue weighted by Gasteiger charge is 2.68. The molecule has 1 spiro atoms. The molecule has 10 rings (SSSR count). The third-order valence-electron chi connectivity index (χ3n) is 12.7. The number of hydrogen-bond donors (Lipinski definition) is 0. The first-order chi connectivity index (χ1) is 21.8. The molecular formula is C36H50O9. The maximum Gasteiger partial charge on any atom is 0.172 e. The van der Waals surface area contributed by atoms with E-state index in [-0.39, 0.29) is 91.1 Å². The van der Waals surface area contributed by atoms with E-state index in [1.807, 2.05) is 0 Å². The molecule has 10 fully saturated rings. The third-order valence-corrected chi connectivity index (χ3v) is 12.7. The van der Waals surface area contributed by atoms with Gasteiger partial charge in [0.05, 0.1) is 48.8 Å². The molecule has 10 aliphatic heterocycles. The molecule has 0 aromatic heterocycles. The van der Waals surface area contributed by atoms with Gasteiger partial charge >= 0.3 is 0 Å². The molecule has 0 amide bonds. The second-order valence-electron chi connectivity index (χ2n) is 15.7. The predicted molar refractivity (Wildman–Crippen MR) is 161 cm³/mol. The zero-order valence-electron chi connectivity index (χ0n) is 26.6. The topological polar surface area (TPSA) is 90.9 Å². The molecule has 0 aromatic rings. The number of ether oxygens (including phenoxy) is 8. The van der Waals surface area contributed by atoms with E-state index in [4.69, 9.17) is 37.9 Å². The van der Waals surface area contributed by atoms with Crippen molar-refractivity contribution < 1.29 is 42.7 Å². The SMILES string of the molecule is C=C1CC2CC[C@@]34C[C@H]5OC6C(O3)[C@H]3OC(CCC3O[C@H]6C5O4)CC(=O)CC3CCOC3C[C@H]3OC(CCC1O2)C[C@@H](C)C3=C. The Morgan fingerprint density at radius 2 is 1.44 bits per heavy atom. The van der Waals surface area contributed by atoms with Gasteiger partial charge in [0.25, 0.3) is 0 Å². The number of carbonyl (C=O) groups excluding carboxylic acids is 1. The van der Waals surface area contributed by atoms with Crippen molar-refractivity contribution >= 4 is 5.78 Å². The summed E-state index contributed by atoms with van der Waals surface area (Å²) in [4.78, 5) is 13.5. The van der Waals surface area contributed by atoms with Crippen LogP contribution in [0.3, 0.4) is 0 Å². The van der Waals surface area contributed by atoms with Gasteiger partial charge in [-0.05, 0) is 74.3 Å². The van der Waals surface area contributed by atoms with Crippen LogP contribution in [0, 0.1) is 11.8 Å². The quantitative estimate of drug-likeness (QED) is 0.354. The summed E-state index contributed by atoms with van der Waals surface area (Å²) in [7, 11) is 0. The smallest absolute Gasteiger partial charge is 0.172 e. The van der Waals surface area contributed by atoms with E-state index in [0.717, 1.165) is 69.8 Å². The molecule has 0 N–H and O–H groups in total. The van der Waals surface area contributed by atoms with Crippen molar-refractivity contribution in [3.05, 3.63) is 24.3 Å². The number of rotatable bonds is 0. The van der Waals surface area contributed by atoms with Gasteiger partial charge in [-0.25, -0.2) is 0 Å². The minimum atomic E-state index is -0.728. The Morgan fingerprint density at radius 3 is 2.36 bits per heavy atom. The Morgan fingerprint density at radius 1 is 0.667 bits per heavy atom. The van der Waals surface area contributed by atoms with Gasteiger partial charge in [-0.15, -0.1) is 0 Å². The Balaban J connectivity index is 0.974. The average Bonchev–Trinajstić information content (AvgIpc) is 3.72. The van der Waals surface area contributed by atoms with E-state index in [2.05, 4.69) is 20.1 Å². The van der Waals surface area contributed by atoms with Crippen LogP contribution in [0.1, 0.15) is 90.4 Å². The summed E-state index contributed by atoms with van der Waals surface area (Å²) in [5.74, 6) is 0.111. The molecule has 0 aromatic carbocycles. The molecule has 12 bridgehead atoms. The van der Waals surface area contributed by atoms with E-state index >= 15 is 0 Å². The van der Waals surface area contributed by atoms with Gasteiger partial charge in [0.2, 0.25) is 0 Å². The van der Waals surface area contributed by atoms with Crippen LogP contribution in [0.4, 0.5) is 0 Å². The second-order valence-corrected chi connectivity index (χ2v) is 15.7. The van der Waals surface area contributed by atoms with Crippen molar-refractivity contribution in [1.29, 1.82) is 0 Å². The molecule has 0 radical (unpaired) electrons. The van der Waals surface area contributed by atoms with Crippen LogP contribution in [0.15, 0.2) is 24.3 Å². The number of carbonyl (C=O) groups is 1. The molecule has 0 aliphatic carbocycles. The van der Waals surface area contributed by atoms with Crippen LogP contribution in [-0.4, -0.2) is 97.5 Å². The Labute approximate surface area is 266 Å². The number of Topliss-reactive ketones (excluding diaryl/α,β-unsaturated/α-hetero) is 1. The van der Waals surface area contributed by atoms with Crippen LogP contribution in [0.2, 0.25) is 0 Å². The first-order valence-electron chi connectivity index (χ1n) is 17.9. The van der Waals surface area contributed by atoms with Gasteiger partial charge < -0.3 is 37.9 Å². The molecule has 9 nitrogen and oxygen atoms in total. The molecule has 10 saturated heterocycles. The lowest BCUT2D eigenvalue weighted by atomic mass is 9.82. The maximum absolute atomic E-state index is 13.5. The molecule has 248 valence electrons. The average molecular weight is 627 g/mol. The van der Waals surface area contributed by atoms with E-state index in [9.17, 15) is 4.79 Å². The van der Waals surface area contributed by atoms with Crippen molar-refractivity contribution in [3.8, 4) is 0 Å². The molecule has 9 heteroatoms. The zero-order chi connectivity index (χ0) is 30.4. The minimum Gasteiger partial charge on any atom is -0.378 e. The lowest BCUT2D eigenvalue weighted by Crippen LogP contribution is -2.61. The van der Waals surface area contributed by atoms with Crippen LogP contribution in [0.5, 0.6) is 0 Å². The largest absolute Gasteiger partial charge is 0.378 e. The fourth-order valence-corrected chi connectivity index (χ4v) is 10.2. The molecule has 10 unspecified atom stereocenters. The van der Waals surface area contributed by atoms with E-state index in [1.165, 1.54) is 5.57 Å². The molecule has 10 aliphatic rings. The zero-order valence-corrected chi connectivity index (χ0v) is 26.6. The van der Waals surface area contributed by atoms with Crippen molar-refractivity contribution in [2.24, 2.45) is 11.8 Å². The molecule has 0 saturated carbocycles. The van der Waals surface area contributed by atoms with Gasteiger partial charge in [-0.3, -0.25) is 4.79 Å². The molecule has 10 heterocycles. The first-order valence-corrected chi connectivity index (χ1v) is 17.9. The number of ketones is 1. The van der Waals surface area contributed by atoms with Crippen molar-refractivity contribution in [2.75, 3.05) is 6.61 Å². The summed E-state index contributed by atoms with van der Waals surface area (Å²) in [6.07, 6.45) is 9.26. The first kappa shape index (κ1) is 29.9.